The van der Waals surface area contributed by atoms with E-state index in [9.17, 15) is 9.59 Å². The van der Waals surface area contributed by atoms with Crippen molar-refractivity contribution in [2.75, 3.05) is 0 Å². The summed E-state index contributed by atoms with van der Waals surface area (Å²) in [5.74, 6) is 0.0918. The molecule has 0 amide bonds. The zero-order valence-electron chi connectivity index (χ0n) is 16.5. The predicted molar refractivity (Wildman–Crippen MR) is 98.4 cm³/mol. The minimum atomic E-state index is -0.451. The van der Waals surface area contributed by atoms with Gasteiger partial charge in [0.15, 0.2) is 11.4 Å². The summed E-state index contributed by atoms with van der Waals surface area (Å²) in [5, 5.41) is 0. The van der Waals surface area contributed by atoms with Crippen LogP contribution < -0.4 is 0 Å². The van der Waals surface area contributed by atoms with E-state index in [1.54, 1.807) is 0 Å². The molecule has 140 valence electrons. The van der Waals surface area contributed by atoms with Gasteiger partial charge in [0.1, 0.15) is 0 Å². The fourth-order valence-corrected chi connectivity index (χ4v) is 3.96. The zero-order valence-corrected chi connectivity index (χ0v) is 16.5. The van der Waals surface area contributed by atoms with Crippen LogP contribution in [0.3, 0.4) is 0 Å². The molecule has 3 rings (SSSR count). The number of carbonyl (C=O) groups excluding carboxylic acids is 2. The number of ether oxygens (including phenoxy) is 2. The highest BCUT2D eigenvalue weighted by molar-refractivity contribution is 6.08. The standard InChI is InChI=1S/C20H26N2O4/c1-10(2)13-16(23)25-15(21-13)12-8-9-20(7,19(12,5)6)18-22-14(11(3)4)17(24)26-18/h12H,8-9H2,1-7H3/t12?,20-/m1/s1. The lowest BCUT2D eigenvalue weighted by Crippen LogP contribution is -2.43. The Kier molecular flexibility index (Phi) is 4.20. The number of allylic oxidation sites excluding steroid dienone is 2. The van der Waals surface area contributed by atoms with Crippen molar-refractivity contribution in [3.8, 4) is 0 Å². The fourth-order valence-electron chi connectivity index (χ4n) is 3.96. The number of esters is 2. The van der Waals surface area contributed by atoms with Gasteiger partial charge >= 0.3 is 11.9 Å². The molecule has 6 nitrogen and oxygen atoms in total. The summed E-state index contributed by atoms with van der Waals surface area (Å²) in [5.41, 5.74) is 1.65. The topological polar surface area (TPSA) is 77.3 Å². The van der Waals surface area contributed by atoms with Crippen LogP contribution in [-0.2, 0) is 19.1 Å². The molecular weight excluding hydrogens is 332 g/mol. The number of aliphatic imine (C=N–C) groups is 2. The number of cyclic esters (lactones) is 2. The summed E-state index contributed by atoms with van der Waals surface area (Å²) in [6.07, 6.45) is 1.56. The molecule has 3 aliphatic rings. The Balaban J connectivity index is 1.97. The molecule has 0 bridgehead atoms. The quantitative estimate of drug-likeness (QED) is 0.553. The van der Waals surface area contributed by atoms with E-state index in [2.05, 4.69) is 30.8 Å². The SMILES string of the molecule is CC(C)=C1N=C(C2CC[C@](C)(C3=NC(=C(C)C)C(=O)O3)C2(C)C)OC1=O. The second-order valence-corrected chi connectivity index (χ2v) is 8.49. The summed E-state index contributed by atoms with van der Waals surface area (Å²) in [6.45, 7) is 13.6. The number of rotatable bonds is 2. The third-order valence-electron chi connectivity index (χ3n) is 6.15. The molecule has 2 atom stereocenters. The second-order valence-electron chi connectivity index (χ2n) is 8.49. The predicted octanol–water partition coefficient (Wildman–Crippen LogP) is 3.93. The summed E-state index contributed by atoms with van der Waals surface area (Å²) in [4.78, 5) is 33.2. The largest absolute Gasteiger partial charge is 0.406 e. The third-order valence-corrected chi connectivity index (χ3v) is 6.15. The van der Waals surface area contributed by atoms with Crippen LogP contribution in [-0.4, -0.2) is 23.7 Å². The average Bonchev–Trinajstić information content (AvgIpc) is 3.16. The molecule has 26 heavy (non-hydrogen) atoms. The summed E-state index contributed by atoms with van der Waals surface area (Å²) in [7, 11) is 0. The van der Waals surface area contributed by atoms with Gasteiger partial charge in [0.25, 0.3) is 0 Å². The molecule has 0 aromatic rings. The van der Waals surface area contributed by atoms with Crippen LogP contribution in [0.25, 0.3) is 0 Å². The average molecular weight is 358 g/mol. The molecule has 0 radical (unpaired) electrons. The van der Waals surface area contributed by atoms with E-state index in [1.807, 2.05) is 27.7 Å². The van der Waals surface area contributed by atoms with Crippen molar-refractivity contribution in [3.63, 3.8) is 0 Å². The molecule has 0 saturated heterocycles. The molecule has 0 spiro atoms. The van der Waals surface area contributed by atoms with Crippen LogP contribution in [0.5, 0.6) is 0 Å². The Bertz CT molecular complexity index is 821. The van der Waals surface area contributed by atoms with E-state index >= 15 is 0 Å². The van der Waals surface area contributed by atoms with Gasteiger partial charge in [-0.25, -0.2) is 19.6 Å². The Labute approximate surface area is 154 Å². The summed E-state index contributed by atoms with van der Waals surface area (Å²) >= 11 is 0. The molecule has 0 N–H and O–H groups in total. The van der Waals surface area contributed by atoms with Gasteiger partial charge in [-0.2, -0.15) is 0 Å². The first-order valence-corrected chi connectivity index (χ1v) is 8.96. The molecule has 0 aromatic heterocycles. The van der Waals surface area contributed by atoms with Gasteiger partial charge in [0, 0.05) is 5.92 Å². The Morgan fingerprint density at radius 1 is 0.923 bits per heavy atom. The molecule has 1 unspecified atom stereocenters. The van der Waals surface area contributed by atoms with E-state index in [0.717, 1.165) is 24.0 Å². The number of carbonyl (C=O) groups is 2. The first-order chi connectivity index (χ1) is 12.0. The van der Waals surface area contributed by atoms with E-state index in [-0.39, 0.29) is 17.3 Å². The second kappa shape index (κ2) is 5.89. The van der Waals surface area contributed by atoms with Crippen LogP contribution in [0.1, 0.15) is 61.3 Å². The van der Waals surface area contributed by atoms with Crippen LogP contribution in [0, 0.1) is 16.7 Å². The van der Waals surface area contributed by atoms with Crippen LogP contribution in [0.2, 0.25) is 0 Å². The van der Waals surface area contributed by atoms with Gasteiger partial charge in [-0.05, 0) is 57.1 Å². The monoisotopic (exact) mass is 358 g/mol. The van der Waals surface area contributed by atoms with E-state index in [4.69, 9.17) is 9.47 Å². The lowest BCUT2D eigenvalue weighted by molar-refractivity contribution is -0.131. The molecule has 2 aliphatic heterocycles. The summed E-state index contributed by atoms with van der Waals surface area (Å²) in [6, 6.07) is 0. The van der Waals surface area contributed by atoms with Crippen LogP contribution >= 0.6 is 0 Å². The highest BCUT2D eigenvalue weighted by Crippen LogP contribution is 2.58. The lowest BCUT2D eigenvalue weighted by Gasteiger charge is -2.39. The fraction of sp³-hybridized carbons (Fsp3) is 0.600. The molecule has 6 heteroatoms. The maximum Gasteiger partial charge on any atom is 0.363 e. The van der Waals surface area contributed by atoms with Crippen LogP contribution in [0.4, 0.5) is 0 Å². The van der Waals surface area contributed by atoms with Crippen LogP contribution in [0.15, 0.2) is 32.5 Å². The highest BCUT2D eigenvalue weighted by atomic mass is 16.6. The van der Waals surface area contributed by atoms with Crippen molar-refractivity contribution in [2.45, 2.75) is 61.3 Å². The lowest BCUT2D eigenvalue weighted by atomic mass is 9.65. The smallest absolute Gasteiger partial charge is 0.363 e. The maximum atomic E-state index is 12.1. The molecule has 1 saturated carbocycles. The number of hydrogen-bond donors (Lipinski definition) is 0. The van der Waals surface area contributed by atoms with Crippen molar-refractivity contribution in [1.29, 1.82) is 0 Å². The van der Waals surface area contributed by atoms with Crippen molar-refractivity contribution < 1.29 is 19.1 Å². The van der Waals surface area contributed by atoms with E-state index in [1.165, 1.54) is 0 Å². The van der Waals surface area contributed by atoms with Crippen molar-refractivity contribution in [1.82, 2.24) is 0 Å². The van der Waals surface area contributed by atoms with Gasteiger partial charge in [0.2, 0.25) is 11.8 Å². The summed E-state index contributed by atoms with van der Waals surface area (Å²) < 4.78 is 11.0. The van der Waals surface area contributed by atoms with Gasteiger partial charge in [-0.15, -0.1) is 0 Å². The number of nitrogens with zero attached hydrogens (tertiary/aromatic N) is 2. The van der Waals surface area contributed by atoms with Gasteiger partial charge < -0.3 is 9.47 Å². The maximum absolute atomic E-state index is 12.1. The number of hydrogen-bond acceptors (Lipinski definition) is 6. The molecule has 1 fully saturated rings. The van der Waals surface area contributed by atoms with Gasteiger partial charge in [-0.1, -0.05) is 20.8 Å². The Morgan fingerprint density at radius 2 is 1.46 bits per heavy atom. The molecular formula is C20H26N2O4. The molecule has 2 heterocycles. The Morgan fingerprint density at radius 3 is 1.96 bits per heavy atom. The van der Waals surface area contributed by atoms with E-state index < -0.39 is 11.4 Å². The van der Waals surface area contributed by atoms with Gasteiger partial charge in [-0.3, -0.25) is 0 Å². The zero-order chi connectivity index (χ0) is 19.4. The molecule has 1 aliphatic carbocycles. The van der Waals surface area contributed by atoms with Crippen molar-refractivity contribution >= 4 is 23.7 Å². The Hall–Kier alpha value is -2.24. The minimum absolute atomic E-state index is 0.0505. The van der Waals surface area contributed by atoms with Crippen molar-refractivity contribution in [2.24, 2.45) is 26.7 Å². The van der Waals surface area contributed by atoms with E-state index in [0.29, 0.717) is 23.2 Å². The first-order valence-electron chi connectivity index (χ1n) is 8.96. The highest BCUT2D eigenvalue weighted by Gasteiger charge is 2.59. The van der Waals surface area contributed by atoms with Crippen molar-refractivity contribution in [3.05, 3.63) is 22.5 Å². The third kappa shape index (κ3) is 2.54. The first kappa shape index (κ1) is 18.5. The van der Waals surface area contributed by atoms with Gasteiger partial charge in [0.05, 0.1) is 5.41 Å². The normalized spacial score (nSPS) is 30.2. The minimum Gasteiger partial charge on any atom is -0.406 e. The molecule has 0 aromatic carbocycles.